The van der Waals surface area contributed by atoms with Gasteiger partial charge in [-0.15, -0.1) is 0 Å². The molecule has 0 aliphatic heterocycles. The van der Waals surface area contributed by atoms with E-state index in [4.69, 9.17) is 0 Å². The zero-order valence-corrected chi connectivity index (χ0v) is 17.2. The largest absolute Gasteiger partial charge is 0.355 e. The maximum atomic E-state index is 13.4. The number of halogens is 2. The number of nitrogens with zero attached hydrogens (tertiary/aromatic N) is 2. The Morgan fingerprint density at radius 2 is 1.70 bits per heavy atom. The number of rotatable bonds is 10. The number of amidine groups is 1. The molecule has 0 aromatic heterocycles. The zero-order chi connectivity index (χ0) is 20.3. The molecular weight excluding hydrogens is 344 g/mol. The van der Waals surface area contributed by atoms with E-state index in [0.717, 1.165) is 56.5 Å². The first-order chi connectivity index (χ1) is 12.9. The van der Waals surface area contributed by atoms with Crippen LogP contribution in [0, 0.1) is 0 Å². The van der Waals surface area contributed by atoms with Crippen LogP contribution in [0.1, 0.15) is 59.4 Å². The Kier molecular flexibility index (Phi) is 9.76. The molecule has 0 amide bonds. The van der Waals surface area contributed by atoms with Gasteiger partial charge < -0.3 is 10.2 Å². The number of nitrogens with one attached hydrogen (secondary N) is 1. The van der Waals surface area contributed by atoms with Crippen LogP contribution >= 0.6 is 0 Å². The SMILES string of the molecule is C\C=C/N=C(\C(=C\CC)Nc1ccc(C(C)(F)F)cc1)N(CCC)CCC. The van der Waals surface area contributed by atoms with E-state index in [2.05, 4.69) is 42.1 Å². The first-order valence-electron chi connectivity index (χ1n) is 9.77. The van der Waals surface area contributed by atoms with Gasteiger partial charge in [-0.1, -0.05) is 45.1 Å². The third kappa shape index (κ3) is 7.53. The lowest BCUT2D eigenvalue weighted by Crippen LogP contribution is -2.35. The molecule has 1 aromatic carbocycles. The topological polar surface area (TPSA) is 27.6 Å². The molecule has 3 nitrogen and oxygen atoms in total. The van der Waals surface area contributed by atoms with Gasteiger partial charge in [0.05, 0.1) is 5.70 Å². The van der Waals surface area contributed by atoms with Crippen molar-refractivity contribution in [2.75, 3.05) is 18.4 Å². The van der Waals surface area contributed by atoms with Gasteiger partial charge in [0.2, 0.25) is 0 Å². The summed E-state index contributed by atoms with van der Waals surface area (Å²) >= 11 is 0. The molecule has 0 fully saturated rings. The van der Waals surface area contributed by atoms with Crippen LogP contribution in [0.3, 0.4) is 0 Å². The third-order valence-electron chi connectivity index (χ3n) is 3.95. The standard InChI is InChI=1S/C22H33F2N3/c1-6-10-20(21(25-15-7-2)27(16-8-3)17-9-4)26-19-13-11-18(12-14-19)22(5,23)24/h7,10-15,26H,6,8-9,16-17H2,1-5H3/b15-7-,20-10-,25-21+. The monoisotopic (exact) mass is 377 g/mol. The molecule has 0 saturated heterocycles. The Morgan fingerprint density at radius 3 is 2.15 bits per heavy atom. The van der Waals surface area contributed by atoms with Crippen LogP contribution in [0.15, 0.2) is 53.3 Å². The van der Waals surface area contributed by atoms with Crippen molar-refractivity contribution in [2.24, 2.45) is 4.99 Å². The quantitative estimate of drug-likeness (QED) is 0.369. The number of allylic oxidation sites excluding steroid dienone is 2. The molecule has 1 N–H and O–H groups in total. The highest BCUT2D eigenvalue weighted by Crippen LogP contribution is 2.28. The van der Waals surface area contributed by atoms with Crippen LogP contribution in [0.25, 0.3) is 0 Å². The molecule has 150 valence electrons. The highest BCUT2D eigenvalue weighted by atomic mass is 19.3. The summed E-state index contributed by atoms with van der Waals surface area (Å²) in [5, 5.41) is 3.37. The van der Waals surface area contributed by atoms with Gasteiger partial charge in [-0.05, 0) is 38.3 Å². The van der Waals surface area contributed by atoms with Crippen LogP contribution in [0.4, 0.5) is 14.5 Å². The number of hydrogen-bond acceptors (Lipinski definition) is 2. The van der Waals surface area contributed by atoms with Crippen molar-refractivity contribution < 1.29 is 8.78 Å². The maximum absolute atomic E-state index is 13.4. The molecule has 0 atom stereocenters. The number of aliphatic imine (C=N–C) groups is 1. The predicted octanol–water partition coefficient (Wildman–Crippen LogP) is 6.56. The van der Waals surface area contributed by atoms with Gasteiger partial charge >= 0.3 is 0 Å². The van der Waals surface area contributed by atoms with Crippen molar-refractivity contribution in [1.82, 2.24) is 4.90 Å². The van der Waals surface area contributed by atoms with E-state index in [1.54, 1.807) is 18.3 Å². The van der Waals surface area contributed by atoms with Gasteiger partial charge in [0.25, 0.3) is 5.92 Å². The van der Waals surface area contributed by atoms with Crippen molar-refractivity contribution in [3.63, 3.8) is 0 Å². The van der Waals surface area contributed by atoms with E-state index < -0.39 is 5.92 Å². The molecular formula is C22H33F2N3. The molecule has 0 saturated carbocycles. The van der Waals surface area contributed by atoms with Crippen LogP contribution in [-0.4, -0.2) is 23.8 Å². The lowest BCUT2D eigenvalue weighted by atomic mass is 10.1. The van der Waals surface area contributed by atoms with Crippen LogP contribution in [0.2, 0.25) is 0 Å². The fourth-order valence-corrected chi connectivity index (χ4v) is 2.73. The first-order valence-corrected chi connectivity index (χ1v) is 9.77. The van der Waals surface area contributed by atoms with E-state index in [1.807, 2.05) is 13.0 Å². The Morgan fingerprint density at radius 1 is 1.11 bits per heavy atom. The Bertz CT molecular complexity index is 635. The number of alkyl halides is 2. The van der Waals surface area contributed by atoms with Gasteiger partial charge in [-0.25, -0.2) is 13.8 Å². The van der Waals surface area contributed by atoms with Gasteiger partial charge in [-0.2, -0.15) is 0 Å². The van der Waals surface area contributed by atoms with Crippen molar-refractivity contribution in [3.05, 3.63) is 53.9 Å². The summed E-state index contributed by atoms with van der Waals surface area (Å²) in [5.74, 6) is -1.96. The van der Waals surface area contributed by atoms with Crippen molar-refractivity contribution in [2.45, 2.75) is 59.8 Å². The molecule has 0 bridgehead atoms. The highest BCUT2D eigenvalue weighted by Gasteiger charge is 2.23. The molecule has 0 unspecified atom stereocenters. The average molecular weight is 378 g/mol. The molecule has 27 heavy (non-hydrogen) atoms. The Labute approximate surface area is 162 Å². The summed E-state index contributed by atoms with van der Waals surface area (Å²) in [4.78, 5) is 6.93. The predicted molar refractivity (Wildman–Crippen MR) is 112 cm³/mol. The van der Waals surface area contributed by atoms with E-state index in [1.165, 1.54) is 12.1 Å². The summed E-state index contributed by atoms with van der Waals surface area (Å²) in [7, 11) is 0. The number of anilines is 1. The zero-order valence-electron chi connectivity index (χ0n) is 17.2. The Hall–Kier alpha value is -2.17. The van der Waals surface area contributed by atoms with Gasteiger partial charge in [-0.3, -0.25) is 0 Å². The molecule has 0 heterocycles. The molecule has 0 aliphatic carbocycles. The minimum Gasteiger partial charge on any atom is -0.355 e. The van der Waals surface area contributed by atoms with Crippen LogP contribution < -0.4 is 5.32 Å². The number of hydrogen-bond donors (Lipinski definition) is 1. The smallest absolute Gasteiger partial charge is 0.270 e. The number of benzene rings is 1. The summed E-state index contributed by atoms with van der Waals surface area (Å²) in [6.07, 6.45) is 8.66. The summed E-state index contributed by atoms with van der Waals surface area (Å²) < 4.78 is 26.9. The van der Waals surface area contributed by atoms with E-state index >= 15 is 0 Å². The molecule has 1 rings (SSSR count). The summed E-state index contributed by atoms with van der Waals surface area (Å²) in [6.45, 7) is 11.0. The van der Waals surface area contributed by atoms with E-state index in [0.29, 0.717) is 0 Å². The van der Waals surface area contributed by atoms with Gasteiger partial charge in [0.15, 0.2) is 5.84 Å². The molecule has 0 spiro atoms. The average Bonchev–Trinajstić information content (AvgIpc) is 2.62. The van der Waals surface area contributed by atoms with Crippen LogP contribution in [-0.2, 0) is 5.92 Å². The second-order valence-corrected chi connectivity index (χ2v) is 6.54. The maximum Gasteiger partial charge on any atom is 0.270 e. The van der Waals surface area contributed by atoms with Crippen LogP contribution in [0.5, 0.6) is 0 Å². The lowest BCUT2D eigenvalue weighted by molar-refractivity contribution is 0.0175. The van der Waals surface area contributed by atoms with Gasteiger partial charge in [0.1, 0.15) is 0 Å². The second-order valence-electron chi connectivity index (χ2n) is 6.54. The van der Waals surface area contributed by atoms with E-state index in [-0.39, 0.29) is 5.56 Å². The molecule has 0 radical (unpaired) electrons. The van der Waals surface area contributed by atoms with E-state index in [9.17, 15) is 8.78 Å². The summed E-state index contributed by atoms with van der Waals surface area (Å²) in [6, 6.07) is 6.30. The Balaban J connectivity index is 3.19. The first kappa shape index (κ1) is 22.9. The van der Waals surface area contributed by atoms with Gasteiger partial charge in [0, 0.05) is 37.5 Å². The normalized spacial score (nSPS) is 13.3. The van der Waals surface area contributed by atoms with Crippen molar-refractivity contribution in [3.8, 4) is 0 Å². The minimum absolute atomic E-state index is 0.00969. The lowest BCUT2D eigenvalue weighted by Gasteiger charge is -2.27. The summed E-state index contributed by atoms with van der Waals surface area (Å²) in [5.41, 5.74) is 1.67. The minimum atomic E-state index is -2.84. The molecule has 1 aromatic rings. The molecule has 0 aliphatic rings. The third-order valence-corrected chi connectivity index (χ3v) is 3.95. The fourth-order valence-electron chi connectivity index (χ4n) is 2.73. The second kappa shape index (κ2) is 11.5. The highest BCUT2D eigenvalue weighted by molar-refractivity contribution is 6.01. The molecule has 5 heteroatoms. The van der Waals surface area contributed by atoms with Crippen molar-refractivity contribution in [1.29, 1.82) is 0 Å². The fraction of sp³-hybridized carbons (Fsp3) is 0.500. The van der Waals surface area contributed by atoms with Crippen molar-refractivity contribution >= 4 is 11.5 Å².